The van der Waals surface area contributed by atoms with E-state index in [1.165, 1.54) is 6.07 Å². The third kappa shape index (κ3) is 2.55. The first kappa shape index (κ1) is 12.1. The molecule has 0 unspecified atom stereocenters. The predicted octanol–water partition coefficient (Wildman–Crippen LogP) is 1.86. The fourth-order valence-corrected chi connectivity index (χ4v) is 1.62. The van der Waals surface area contributed by atoms with Gasteiger partial charge >= 0.3 is 5.97 Å². The third-order valence-corrected chi connectivity index (χ3v) is 2.56. The fourth-order valence-electron chi connectivity index (χ4n) is 1.15. The molecule has 0 fully saturated rings. The SMILES string of the molecule is N#Cc1cc(CC(=O)O)c(Br)cc1[N+](=O)[O-]. The lowest BCUT2D eigenvalue weighted by Crippen LogP contribution is -2.02. The van der Waals surface area contributed by atoms with Gasteiger partial charge in [-0.15, -0.1) is 0 Å². The summed E-state index contributed by atoms with van der Waals surface area (Å²) in [5.41, 5.74) is -0.164. The van der Waals surface area contributed by atoms with Gasteiger partial charge in [0, 0.05) is 10.5 Å². The van der Waals surface area contributed by atoms with Gasteiger partial charge in [0.15, 0.2) is 0 Å². The minimum Gasteiger partial charge on any atom is -0.481 e. The van der Waals surface area contributed by atoms with Crippen LogP contribution in [0.25, 0.3) is 0 Å². The monoisotopic (exact) mass is 284 g/mol. The van der Waals surface area contributed by atoms with E-state index in [-0.39, 0.29) is 17.7 Å². The van der Waals surface area contributed by atoms with Crippen molar-refractivity contribution in [2.24, 2.45) is 0 Å². The molecule has 7 heteroatoms. The Labute approximate surface area is 98.4 Å². The highest BCUT2D eigenvalue weighted by atomic mass is 79.9. The van der Waals surface area contributed by atoms with E-state index in [0.717, 1.165) is 6.07 Å². The number of benzene rings is 1. The summed E-state index contributed by atoms with van der Waals surface area (Å²) in [6.45, 7) is 0. The number of nitrogens with zero attached hydrogens (tertiary/aromatic N) is 2. The van der Waals surface area contributed by atoms with Gasteiger partial charge < -0.3 is 5.11 Å². The van der Waals surface area contributed by atoms with Crippen molar-refractivity contribution in [3.8, 4) is 6.07 Å². The largest absolute Gasteiger partial charge is 0.481 e. The maximum Gasteiger partial charge on any atom is 0.307 e. The highest BCUT2D eigenvalue weighted by Crippen LogP contribution is 2.27. The topological polar surface area (TPSA) is 104 Å². The predicted molar refractivity (Wildman–Crippen MR) is 56.9 cm³/mol. The van der Waals surface area contributed by atoms with Gasteiger partial charge in [0.25, 0.3) is 5.69 Å². The van der Waals surface area contributed by atoms with Crippen LogP contribution in [-0.2, 0) is 11.2 Å². The zero-order chi connectivity index (χ0) is 12.3. The molecule has 1 aromatic rings. The molecule has 0 saturated carbocycles. The normalized spacial score (nSPS) is 9.50. The van der Waals surface area contributed by atoms with Crippen LogP contribution < -0.4 is 0 Å². The van der Waals surface area contributed by atoms with Crippen LogP contribution in [0.2, 0.25) is 0 Å². The summed E-state index contributed by atoms with van der Waals surface area (Å²) in [6.07, 6.45) is -0.298. The van der Waals surface area contributed by atoms with E-state index < -0.39 is 10.9 Å². The Bertz CT molecular complexity index is 507. The van der Waals surface area contributed by atoms with Crippen molar-refractivity contribution in [2.45, 2.75) is 6.42 Å². The fraction of sp³-hybridized carbons (Fsp3) is 0.111. The van der Waals surface area contributed by atoms with Crippen molar-refractivity contribution < 1.29 is 14.8 Å². The van der Waals surface area contributed by atoms with Gasteiger partial charge in [-0.05, 0) is 11.6 Å². The molecule has 0 aliphatic rings. The van der Waals surface area contributed by atoms with Crippen LogP contribution in [0.15, 0.2) is 16.6 Å². The van der Waals surface area contributed by atoms with E-state index in [9.17, 15) is 14.9 Å². The van der Waals surface area contributed by atoms with E-state index >= 15 is 0 Å². The lowest BCUT2D eigenvalue weighted by atomic mass is 10.1. The summed E-state index contributed by atoms with van der Waals surface area (Å²) in [5.74, 6) is -1.07. The first-order chi connectivity index (χ1) is 7.45. The molecule has 0 spiro atoms. The number of halogens is 1. The first-order valence-corrected chi connectivity index (χ1v) is 4.83. The van der Waals surface area contributed by atoms with E-state index in [0.29, 0.717) is 10.0 Å². The molecule has 1 aromatic carbocycles. The number of aliphatic carboxylic acids is 1. The molecule has 0 aromatic heterocycles. The van der Waals surface area contributed by atoms with Crippen molar-refractivity contribution in [2.75, 3.05) is 0 Å². The number of nitriles is 1. The highest BCUT2D eigenvalue weighted by molar-refractivity contribution is 9.10. The smallest absolute Gasteiger partial charge is 0.307 e. The van der Waals surface area contributed by atoms with E-state index in [2.05, 4.69) is 15.9 Å². The highest BCUT2D eigenvalue weighted by Gasteiger charge is 2.18. The molecule has 0 aliphatic carbocycles. The second-order valence-corrected chi connectivity index (χ2v) is 3.75. The van der Waals surface area contributed by atoms with Crippen molar-refractivity contribution in [3.05, 3.63) is 37.8 Å². The average molecular weight is 285 g/mol. The number of carbonyl (C=O) groups is 1. The quantitative estimate of drug-likeness (QED) is 0.674. The van der Waals surface area contributed by atoms with E-state index in [1.54, 1.807) is 6.07 Å². The lowest BCUT2D eigenvalue weighted by molar-refractivity contribution is -0.385. The number of hydrogen-bond donors (Lipinski definition) is 1. The number of hydrogen-bond acceptors (Lipinski definition) is 4. The Morgan fingerprint density at radius 2 is 2.25 bits per heavy atom. The molecule has 16 heavy (non-hydrogen) atoms. The van der Waals surface area contributed by atoms with Crippen LogP contribution in [0.5, 0.6) is 0 Å². The van der Waals surface area contributed by atoms with Gasteiger partial charge in [-0.3, -0.25) is 14.9 Å². The Morgan fingerprint density at radius 3 is 2.69 bits per heavy atom. The summed E-state index contributed by atoms with van der Waals surface area (Å²) in [6, 6.07) is 4.00. The van der Waals surface area contributed by atoms with Crippen molar-refractivity contribution in [3.63, 3.8) is 0 Å². The minimum absolute atomic E-state index is 0.149. The molecule has 82 valence electrons. The molecular formula is C9H5BrN2O4. The van der Waals surface area contributed by atoms with Crippen molar-refractivity contribution in [1.29, 1.82) is 5.26 Å². The van der Waals surface area contributed by atoms with Gasteiger partial charge in [0.1, 0.15) is 11.6 Å². The van der Waals surface area contributed by atoms with Gasteiger partial charge in [-0.2, -0.15) is 5.26 Å². The van der Waals surface area contributed by atoms with Gasteiger partial charge in [0.2, 0.25) is 0 Å². The molecular weight excluding hydrogens is 280 g/mol. The lowest BCUT2D eigenvalue weighted by Gasteiger charge is -2.02. The molecule has 1 rings (SSSR count). The second-order valence-electron chi connectivity index (χ2n) is 2.90. The summed E-state index contributed by atoms with van der Waals surface area (Å²) in [7, 11) is 0. The number of carboxylic acid groups (broad SMARTS) is 1. The Morgan fingerprint density at radius 1 is 1.62 bits per heavy atom. The zero-order valence-corrected chi connectivity index (χ0v) is 9.39. The van der Waals surface area contributed by atoms with Crippen molar-refractivity contribution >= 4 is 27.6 Å². The van der Waals surface area contributed by atoms with E-state index in [4.69, 9.17) is 10.4 Å². The molecule has 0 radical (unpaired) electrons. The Kier molecular flexibility index (Phi) is 3.58. The van der Waals surface area contributed by atoms with E-state index in [1.807, 2.05) is 0 Å². The molecule has 0 heterocycles. The zero-order valence-electron chi connectivity index (χ0n) is 7.81. The first-order valence-electron chi connectivity index (χ1n) is 4.04. The van der Waals surface area contributed by atoms with Crippen molar-refractivity contribution in [1.82, 2.24) is 0 Å². The standard InChI is InChI=1S/C9H5BrN2O4/c10-7-3-8(12(15)16)6(4-11)1-5(7)2-9(13)14/h1,3H,2H2,(H,13,14). The van der Waals surface area contributed by atoms with Crippen LogP contribution in [0, 0.1) is 21.4 Å². The molecule has 1 N–H and O–H groups in total. The number of rotatable bonds is 3. The summed E-state index contributed by atoms with van der Waals surface area (Å²) < 4.78 is 0.306. The molecule has 6 nitrogen and oxygen atoms in total. The Hall–Kier alpha value is -1.94. The molecule has 0 saturated heterocycles. The summed E-state index contributed by atoms with van der Waals surface area (Å²) >= 11 is 3.03. The maximum absolute atomic E-state index is 10.6. The second kappa shape index (κ2) is 4.72. The number of carboxylic acids is 1. The number of nitro benzene ring substituents is 1. The molecule has 0 amide bonds. The average Bonchev–Trinajstić information content (AvgIpc) is 2.19. The van der Waals surface area contributed by atoms with Crippen LogP contribution in [0.1, 0.15) is 11.1 Å². The van der Waals surface area contributed by atoms with Gasteiger partial charge in [0.05, 0.1) is 11.3 Å². The molecule has 0 aliphatic heterocycles. The van der Waals surface area contributed by atoms with Gasteiger partial charge in [-0.1, -0.05) is 15.9 Å². The van der Waals surface area contributed by atoms with Crippen LogP contribution in [0.3, 0.4) is 0 Å². The Balaban J connectivity index is 3.32. The third-order valence-electron chi connectivity index (χ3n) is 1.82. The molecule has 0 bridgehead atoms. The van der Waals surface area contributed by atoms with Crippen LogP contribution >= 0.6 is 15.9 Å². The van der Waals surface area contributed by atoms with Gasteiger partial charge in [-0.25, -0.2) is 0 Å². The molecule has 0 atom stereocenters. The van der Waals surface area contributed by atoms with Crippen LogP contribution in [0.4, 0.5) is 5.69 Å². The maximum atomic E-state index is 10.6. The summed E-state index contributed by atoms with van der Waals surface area (Å²) in [4.78, 5) is 20.4. The summed E-state index contributed by atoms with van der Waals surface area (Å²) in [5, 5.41) is 27.9. The number of nitro groups is 1. The van der Waals surface area contributed by atoms with Crippen LogP contribution in [-0.4, -0.2) is 16.0 Å². The minimum atomic E-state index is -1.07.